The van der Waals surface area contributed by atoms with E-state index in [9.17, 15) is 5.11 Å². The lowest BCUT2D eigenvalue weighted by Gasteiger charge is -2.37. The van der Waals surface area contributed by atoms with Crippen LogP contribution in [0, 0.1) is 0 Å². The predicted molar refractivity (Wildman–Crippen MR) is 89.7 cm³/mol. The maximum absolute atomic E-state index is 10.7. The molecule has 0 radical (unpaired) electrons. The summed E-state index contributed by atoms with van der Waals surface area (Å²) in [6, 6.07) is 10.3. The van der Waals surface area contributed by atoms with Crippen molar-refractivity contribution in [2.75, 3.05) is 0 Å². The van der Waals surface area contributed by atoms with Gasteiger partial charge >= 0.3 is 0 Å². The van der Waals surface area contributed by atoms with Crippen LogP contribution >= 0.6 is 10.2 Å². The lowest BCUT2D eigenvalue weighted by Crippen LogP contribution is -2.19. The Labute approximate surface area is 127 Å². The zero-order chi connectivity index (χ0) is 14.7. The first-order valence-corrected chi connectivity index (χ1v) is 8.98. The van der Waals surface area contributed by atoms with Crippen molar-refractivity contribution < 1.29 is 5.11 Å². The third kappa shape index (κ3) is 2.57. The van der Waals surface area contributed by atoms with Gasteiger partial charge in [-0.05, 0) is 34.4 Å². The van der Waals surface area contributed by atoms with Crippen LogP contribution in [0.15, 0.2) is 65.9 Å². The fraction of sp³-hybridized carbons (Fsp3) is 0.235. The molecule has 110 valence electrons. The summed E-state index contributed by atoms with van der Waals surface area (Å²) in [6.45, 7) is 2.10. The summed E-state index contributed by atoms with van der Waals surface area (Å²) in [5.74, 6) is 0. The molecule has 1 aliphatic heterocycles. The Balaban J connectivity index is 2.04. The highest BCUT2D eigenvalue weighted by atomic mass is 32.3. The second kappa shape index (κ2) is 5.92. The minimum atomic E-state index is -1.57. The normalized spacial score (nSPS) is 25.3. The molecule has 21 heavy (non-hydrogen) atoms. The summed E-state index contributed by atoms with van der Waals surface area (Å²) in [4.78, 5) is 4.16. The fourth-order valence-corrected chi connectivity index (χ4v) is 5.61. The van der Waals surface area contributed by atoms with E-state index in [0.29, 0.717) is 0 Å². The summed E-state index contributed by atoms with van der Waals surface area (Å²) in [6.07, 6.45) is 9.41. The number of imidazole rings is 1. The second-order valence-electron chi connectivity index (χ2n) is 5.13. The van der Waals surface area contributed by atoms with Crippen molar-refractivity contribution in [3.05, 3.63) is 71.5 Å². The van der Waals surface area contributed by atoms with Gasteiger partial charge in [0.15, 0.2) is 0 Å². The highest BCUT2D eigenvalue weighted by molar-refractivity contribution is 8.37. The summed E-state index contributed by atoms with van der Waals surface area (Å²) >= 11 is 0. The van der Waals surface area contributed by atoms with Gasteiger partial charge in [0.2, 0.25) is 0 Å². The van der Waals surface area contributed by atoms with Crippen molar-refractivity contribution in [3.63, 3.8) is 0 Å². The van der Waals surface area contributed by atoms with Crippen LogP contribution < -0.4 is 0 Å². The van der Waals surface area contributed by atoms with Gasteiger partial charge in [0.25, 0.3) is 0 Å². The second-order valence-corrected chi connectivity index (χ2v) is 8.05. The van der Waals surface area contributed by atoms with E-state index < -0.39 is 10.2 Å². The van der Waals surface area contributed by atoms with Crippen molar-refractivity contribution >= 4 is 15.8 Å². The van der Waals surface area contributed by atoms with E-state index in [0.717, 1.165) is 12.8 Å². The average molecular weight is 300 g/mol. The predicted octanol–water partition coefficient (Wildman–Crippen LogP) is 4.14. The SMILES string of the molecule is CCCC(O)S1(n2ccnc2)C=CC(c2ccccc2)=C1. The number of hydrogen-bond acceptors (Lipinski definition) is 2. The third-order valence-electron chi connectivity index (χ3n) is 3.71. The van der Waals surface area contributed by atoms with Crippen LogP contribution in [-0.4, -0.2) is 19.5 Å². The van der Waals surface area contributed by atoms with Crippen LogP contribution in [-0.2, 0) is 0 Å². The van der Waals surface area contributed by atoms with Gasteiger partial charge in [-0.3, -0.25) is 3.97 Å². The van der Waals surface area contributed by atoms with E-state index >= 15 is 0 Å². The molecule has 0 aliphatic carbocycles. The standard InChI is InChI=1S/C17H20N2OS/c1-2-6-17(20)21(19-11-10-18-14-19)12-9-16(13-21)15-7-4-3-5-8-15/h3-5,7-14,17,20H,2,6H2,1H3. The summed E-state index contributed by atoms with van der Waals surface area (Å²) in [5.41, 5.74) is 1.98. The zero-order valence-corrected chi connectivity index (χ0v) is 12.9. The number of aromatic nitrogens is 2. The molecule has 3 nitrogen and oxygen atoms in total. The Morgan fingerprint density at radius 2 is 2.10 bits per heavy atom. The van der Waals surface area contributed by atoms with E-state index in [1.165, 1.54) is 11.1 Å². The Hall–Kier alpha value is -1.78. The minimum Gasteiger partial charge on any atom is -0.382 e. The molecule has 2 atom stereocenters. The molecule has 3 rings (SSSR count). The van der Waals surface area contributed by atoms with E-state index in [1.807, 2.05) is 30.7 Å². The Kier molecular flexibility index (Phi) is 3.99. The maximum atomic E-state index is 10.7. The lowest BCUT2D eigenvalue weighted by molar-refractivity contribution is 0.247. The Morgan fingerprint density at radius 3 is 2.76 bits per heavy atom. The number of aliphatic hydroxyl groups excluding tert-OH is 1. The van der Waals surface area contributed by atoms with E-state index in [2.05, 4.69) is 44.9 Å². The third-order valence-corrected chi connectivity index (χ3v) is 6.96. The highest BCUT2D eigenvalue weighted by Crippen LogP contribution is 2.61. The lowest BCUT2D eigenvalue weighted by atomic mass is 10.1. The number of hydrogen-bond donors (Lipinski definition) is 1. The van der Waals surface area contributed by atoms with Crippen molar-refractivity contribution in [2.45, 2.75) is 25.2 Å². The van der Waals surface area contributed by atoms with Gasteiger partial charge in [0.1, 0.15) is 11.8 Å². The molecule has 0 saturated heterocycles. The van der Waals surface area contributed by atoms with Crippen LogP contribution in [0.3, 0.4) is 0 Å². The minimum absolute atomic E-state index is 0.380. The van der Waals surface area contributed by atoms with Crippen LogP contribution in [0.5, 0.6) is 0 Å². The van der Waals surface area contributed by atoms with Crippen molar-refractivity contribution in [2.24, 2.45) is 0 Å². The number of aliphatic hydroxyl groups is 1. The summed E-state index contributed by atoms with van der Waals surface area (Å²) in [7, 11) is -1.57. The molecule has 2 aromatic rings. The van der Waals surface area contributed by atoms with Gasteiger partial charge in [-0.2, -0.15) is 0 Å². The molecule has 0 amide bonds. The molecule has 1 aromatic carbocycles. The van der Waals surface area contributed by atoms with E-state index in [-0.39, 0.29) is 5.44 Å². The highest BCUT2D eigenvalue weighted by Gasteiger charge is 2.32. The summed E-state index contributed by atoms with van der Waals surface area (Å²) in [5, 5.41) is 15.1. The van der Waals surface area contributed by atoms with E-state index in [1.54, 1.807) is 6.20 Å². The monoisotopic (exact) mass is 300 g/mol. The molecule has 0 bridgehead atoms. The van der Waals surface area contributed by atoms with Crippen molar-refractivity contribution in [1.29, 1.82) is 0 Å². The number of nitrogens with zero attached hydrogens (tertiary/aromatic N) is 2. The number of benzene rings is 1. The molecule has 0 saturated carbocycles. The van der Waals surface area contributed by atoms with Gasteiger partial charge in [-0.1, -0.05) is 53.9 Å². The molecule has 1 aliphatic rings. The molecule has 4 heteroatoms. The number of rotatable bonds is 5. The molecular formula is C17H20N2OS. The van der Waals surface area contributed by atoms with Gasteiger partial charge < -0.3 is 5.11 Å². The van der Waals surface area contributed by atoms with Crippen LogP contribution in [0.2, 0.25) is 0 Å². The molecule has 0 spiro atoms. The van der Waals surface area contributed by atoms with Crippen molar-refractivity contribution in [1.82, 2.24) is 8.96 Å². The first-order valence-electron chi connectivity index (χ1n) is 7.20. The van der Waals surface area contributed by atoms with Gasteiger partial charge in [-0.15, -0.1) is 0 Å². The topological polar surface area (TPSA) is 38.0 Å². The van der Waals surface area contributed by atoms with Gasteiger partial charge in [-0.25, -0.2) is 4.98 Å². The molecule has 2 unspecified atom stereocenters. The number of allylic oxidation sites excluding steroid dienone is 2. The molecular weight excluding hydrogens is 280 g/mol. The maximum Gasteiger partial charge on any atom is 0.107 e. The van der Waals surface area contributed by atoms with Gasteiger partial charge in [0, 0.05) is 12.4 Å². The van der Waals surface area contributed by atoms with E-state index in [4.69, 9.17) is 0 Å². The largest absolute Gasteiger partial charge is 0.382 e. The first kappa shape index (κ1) is 14.2. The summed E-state index contributed by atoms with van der Waals surface area (Å²) < 4.78 is 2.07. The van der Waals surface area contributed by atoms with Crippen LogP contribution in [0.4, 0.5) is 0 Å². The quantitative estimate of drug-likeness (QED) is 0.901. The van der Waals surface area contributed by atoms with Crippen molar-refractivity contribution in [3.8, 4) is 0 Å². The van der Waals surface area contributed by atoms with Crippen LogP contribution in [0.25, 0.3) is 5.57 Å². The fourth-order valence-electron chi connectivity index (χ4n) is 2.57. The first-order chi connectivity index (χ1) is 10.3. The van der Waals surface area contributed by atoms with Crippen LogP contribution in [0.1, 0.15) is 25.3 Å². The van der Waals surface area contributed by atoms with Gasteiger partial charge in [0.05, 0.1) is 0 Å². The molecule has 2 heterocycles. The molecule has 0 fully saturated rings. The Bertz CT molecular complexity index is 649. The Morgan fingerprint density at radius 1 is 1.29 bits per heavy atom. The zero-order valence-electron chi connectivity index (χ0n) is 12.1. The molecule has 1 aromatic heterocycles. The average Bonchev–Trinajstić information content (AvgIpc) is 3.19. The molecule has 1 N–H and O–H groups in total. The smallest absolute Gasteiger partial charge is 0.107 e.